The number of hydrogen-bond donors (Lipinski definition) is 0. The lowest BCUT2D eigenvalue weighted by molar-refractivity contribution is 0.0652. The van der Waals surface area contributed by atoms with Gasteiger partial charge >= 0.3 is 0 Å². The summed E-state index contributed by atoms with van der Waals surface area (Å²) in [7, 11) is 4.00. The van der Waals surface area contributed by atoms with E-state index < -0.39 is 0 Å². The van der Waals surface area contributed by atoms with Crippen LogP contribution >= 0.6 is 11.3 Å². The van der Waals surface area contributed by atoms with E-state index in [9.17, 15) is 9.59 Å². The highest BCUT2D eigenvalue weighted by atomic mass is 32.1. The molecular weight excluding hydrogens is 412 g/mol. The summed E-state index contributed by atoms with van der Waals surface area (Å²) < 4.78 is 1.76. The van der Waals surface area contributed by atoms with Gasteiger partial charge in [0, 0.05) is 38.3 Å². The van der Waals surface area contributed by atoms with Crippen molar-refractivity contribution in [3.05, 3.63) is 64.7 Å². The highest BCUT2D eigenvalue weighted by Gasteiger charge is 2.34. The maximum Gasteiger partial charge on any atom is 0.261 e. The van der Waals surface area contributed by atoms with Gasteiger partial charge in [-0.15, -0.1) is 10.2 Å². The second-order valence-corrected chi connectivity index (χ2v) is 8.61. The van der Waals surface area contributed by atoms with Gasteiger partial charge < -0.3 is 4.90 Å². The lowest BCUT2D eigenvalue weighted by Gasteiger charge is -2.12. The zero-order valence-electron chi connectivity index (χ0n) is 17.1. The minimum Gasteiger partial charge on any atom is -0.378 e. The molecule has 0 spiro atoms. The van der Waals surface area contributed by atoms with Gasteiger partial charge in [-0.25, -0.2) is 0 Å². The molecule has 0 N–H and O–H groups in total. The standard InChI is InChI=1S/C22H20N6O2S/c1-26(2)15-11-9-14(10-12-15)19-23-24-22-28(19)25-18(31-22)8-5-13-27-20(29)16-6-3-4-7-17(16)21(27)30/h3-4,6-7,9-12H,5,8,13H2,1-2H3. The first-order valence-electron chi connectivity index (χ1n) is 9.97. The van der Waals surface area contributed by atoms with Gasteiger partial charge in [-0.2, -0.15) is 9.61 Å². The van der Waals surface area contributed by atoms with Crippen LogP contribution < -0.4 is 4.90 Å². The summed E-state index contributed by atoms with van der Waals surface area (Å²) in [6.45, 7) is 0.366. The number of nitrogens with zero attached hydrogens (tertiary/aromatic N) is 6. The number of carbonyl (C=O) groups is 2. The first-order valence-corrected chi connectivity index (χ1v) is 10.8. The van der Waals surface area contributed by atoms with E-state index in [1.165, 1.54) is 16.2 Å². The highest BCUT2D eigenvalue weighted by Crippen LogP contribution is 2.25. The fourth-order valence-electron chi connectivity index (χ4n) is 3.68. The van der Waals surface area contributed by atoms with Gasteiger partial charge in [0.05, 0.1) is 11.1 Å². The summed E-state index contributed by atoms with van der Waals surface area (Å²) in [5.41, 5.74) is 3.02. The minimum atomic E-state index is -0.220. The van der Waals surface area contributed by atoms with E-state index >= 15 is 0 Å². The van der Waals surface area contributed by atoms with Crippen LogP contribution in [0.15, 0.2) is 48.5 Å². The monoisotopic (exact) mass is 432 g/mol. The molecule has 0 fully saturated rings. The zero-order valence-corrected chi connectivity index (χ0v) is 18.0. The molecule has 2 aromatic heterocycles. The lowest BCUT2D eigenvalue weighted by atomic mass is 10.1. The number of aromatic nitrogens is 4. The summed E-state index contributed by atoms with van der Waals surface area (Å²) in [5, 5.41) is 14.1. The molecule has 0 aliphatic carbocycles. The van der Waals surface area contributed by atoms with Crippen molar-refractivity contribution in [2.24, 2.45) is 0 Å². The number of carbonyl (C=O) groups excluding carboxylic acids is 2. The highest BCUT2D eigenvalue weighted by molar-refractivity contribution is 7.16. The minimum absolute atomic E-state index is 0.220. The number of benzene rings is 2. The van der Waals surface area contributed by atoms with Crippen LogP contribution in [0.3, 0.4) is 0 Å². The Morgan fingerprint density at radius 2 is 1.61 bits per heavy atom. The van der Waals surface area contributed by atoms with Gasteiger partial charge in [0.15, 0.2) is 5.82 Å². The van der Waals surface area contributed by atoms with Gasteiger partial charge in [-0.1, -0.05) is 23.5 Å². The molecule has 156 valence electrons. The van der Waals surface area contributed by atoms with Crippen molar-refractivity contribution in [2.45, 2.75) is 12.8 Å². The molecule has 0 unspecified atom stereocenters. The van der Waals surface area contributed by atoms with Crippen LogP contribution in [0.5, 0.6) is 0 Å². The van der Waals surface area contributed by atoms with Crippen molar-refractivity contribution < 1.29 is 9.59 Å². The smallest absolute Gasteiger partial charge is 0.261 e. The summed E-state index contributed by atoms with van der Waals surface area (Å²) in [4.78, 5) is 29.1. The summed E-state index contributed by atoms with van der Waals surface area (Å²) in [6.07, 6.45) is 1.29. The van der Waals surface area contributed by atoms with Crippen LogP contribution in [0.2, 0.25) is 0 Å². The predicted molar refractivity (Wildman–Crippen MR) is 119 cm³/mol. The van der Waals surface area contributed by atoms with E-state index in [1.807, 2.05) is 43.3 Å². The molecule has 1 aliphatic heterocycles. The number of fused-ring (bicyclic) bond motifs is 2. The largest absolute Gasteiger partial charge is 0.378 e. The molecule has 4 aromatic rings. The first-order chi connectivity index (χ1) is 15.0. The van der Waals surface area contributed by atoms with Gasteiger partial charge in [0.25, 0.3) is 11.8 Å². The summed E-state index contributed by atoms with van der Waals surface area (Å²) in [6, 6.07) is 15.0. The van der Waals surface area contributed by atoms with E-state index in [0.29, 0.717) is 36.3 Å². The van der Waals surface area contributed by atoms with Crippen LogP contribution in [-0.2, 0) is 6.42 Å². The molecule has 0 atom stereocenters. The van der Waals surface area contributed by atoms with Gasteiger partial charge in [0.2, 0.25) is 4.96 Å². The fourth-order valence-corrected chi connectivity index (χ4v) is 4.55. The molecule has 2 amide bonds. The number of aryl methyl sites for hydroxylation is 1. The van der Waals surface area contributed by atoms with Crippen molar-refractivity contribution in [2.75, 3.05) is 25.5 Å². The van der Waals surface area contributed by atoms with Crippen molar-refractivity contribution in [1.29, 1.82) is 0 Å². The van der Waals surface area contributed by atoms with Crippen LogP contribution in [0.1, 0.15) is 32.1 Å². The van der Waals surface area contributed by atoms with Crippen molar-refractivity contribution >= 4 is 33.8 Å². The Labute approximate surface area is 182 Å². The van der Waals surface area contributed by atoms with E-state index in [4.69, 9.17) is 0 Å². The van der Waals surface area contributed by atoms with Crippen LogP contribution in [0, 0.1) is 0 Å². The number of imide groups is 1. The van der Waals surface area contributed by atoms with Gasteiger partial charge in [-0.05, 0) is 42.8 Å². The number of hydrogen-bond acceptors (Lipinski definition) is 7. The van der Waals surface area contributed by atoms with E-state index in [-0.39, 0.29) is 11.8 Å². The fraction of sp³-hybridized carbons (Fsp3) is 0.227. The Kier molecular flexibility index (Phi) is 4.74. The van der Waals surface area contributed by atoms with Crippen LogP contribution in [0.25, 0.3) is 16.3 Å². The van der Waals surface area contributed by atoms with E-state index in [0.717, 1.165) is 21.2 Å². The Hall–Kier alpha value is -3.59. The second kappa shape index (κ2) is 7.59. The maximum absolute atomic E-state index is 12.5. The first kappa shape index (κ1) is 19.4. The molecule has 8 nitrogen and oxygen atoms in total. The average molecular weight is 433 g/mol. The molecule has 3 heterocycles. The van der Waals surface area contributed by atoms with Crippen molar-refractivity contribution in [3.63, 3.8) is 0 Å². The van der Waals surface area contributed by atoms with E-state index in [1.54, 1.807) is 28.8 Å². The third-order valence-corrected chi connectivity index (χ3v) is 6.28. The Bertz CT molecular complexity index is 1260. The molecule has 5 rings (SSSR count). The Balaban J connectivity index is 1.28. The lowest BCUT2D eigenvalue weighted by Crippen LogP contribution is -2.30. The predicted octanol–water partition coefficient (Wildman–Crippen LogP) is 3.15. The molecule has 0 saturated carbocycles. The van der Waals surface area contributed by atoms with Crippen molar-refractivity contribution in [1.82, 2.24) is 24.7 Å². The zero-order chi connectivity index (χ0) is 21.5. The quantitative estimate of drug-likeness (QED) is 0.435. The Morgan fingerprint density at radius 1 is 0.935 bits per heavy atom. The Morgan fingerprint density at radius 3 is 2.26 bits per heavy atom. The van der Waals surface area contributed by atoms with Crippen LogP contribution in [-0.4, -0.2) is 57.2 Å². The second-order valence-electron chi connectivity index (χ2n) is 7.57. The van der Waals surface area contributed by atoms with Crippen molar-refractivity contribution in [3.8, 4) is 11.4 Å². The third kappa shape index (κ3) is 3.36. The normalized spacial score (nSPS) is 13.3. The molecule has 31 heavy (non-hydrogen) atoms. The molecule has 9 heteroatoms. The van der Waals surface area contributed by atoms with E-state index in [2.05, 4.69) is 15.3 Å². The molecular formula is C22H20N6O2S. The summed E-state index contributed by atoms with van der Waals surface area (Å²) >= 11 is 1.47. The van der Waals surface area contributed by atoms with Crippen LogP contribution in [0.4, 0.5) is 5.69 Å². The average Bonchev–Trinajstić information content (AvgIpc) is 3.42. The molecule has 0 bridgehead atoms. The van der Waals surface area contributed by atoms with Gasteiger partial charge in [0.1, 0.15) is 5.01 Å². The number of rotatable bonds is 6. The molecule has 1 aliphatic rings. The maximum atomic E-state index is 12.5. The molecule has 2 aromatic carbocycles. The van der Waals surface area contributed by atoms with Gasteiger partial charge in [-0.3, -0.25) is 14.5 Å². The summed E-state index contributed by atoms with van der Waals surface area (Å²) in [5.74, 6) is 0.257. The number of amides is 2. The SMILES string of the molecule is CN(C)c1ccc(-c2nnc3sc(CCCN4C(=O)c5ccccc5C4=O)nn23)cc1. The molecule has 0 radical (unpaired) electrons. The topological polar surface area (TPSA) is 83.7 Å². The third-order valence-electron chi connectivity index (χ3n) is 5.33. The number of anilines is 1. The molecule has 0 saturated heterocycles.